The molecule has 5 heteroatoms. The Hall–Kier alpha value is -1.23. The Kier molecular flexibility index (Phi) is 2.50. The Morgan fingerprint density at radius 3 is 2.59 bits per heavy atom. The second-order valence-electron chi connectivity index (χ2n) is 5.01. The fraction of sp³-hybridized carbons (Fsp3) is 0.667. The van der Waals surface area contributed by atoms with Crippen LogP contribution < -0.4 is 4.90 Å². The molecule has 2 fully saturated rings. The lowest BCUT2D eigenvalue weighted by atomic mass is 10.00. The standard InChI is InChI=1S/C12H16FN3O/c1-7-11(13)12(15-6-14-7)16-8-2-3-9(16)5-10(17)4-8/h6,8-10,17H,2-5H2,1H3. The number of aliphatic hydroxyl groups excluding tert-OH is 1. The monoisotopic (exact) mass is 237 g/mol. The summed E-state index contributed by atoms with van der Waals surface area (Å²) in [5, 5.41) is 9.73. The van der Waals surface area contributed by atoms with Gasteiger partial charge in [0.05, 0.1) is 11.8 Å². The number of anilines is 1. The van der Waals surface area contributed by atoms with Crippen LogP contribution in [0.5, 0.6) is 0 Å². The smallest absolute Gasteiger partial charge is 0.186 e. The normalized spacial score (nSPS) is 31.9. The van der Waals surface area contributed by atoms with Crippen LogP contribution in [-0.2, 0) is 0 Å². The molecule has 2 aliphatic heterocycles. The third-order valence-electron chi connectivity index (χ3n) is 3.90. The predicted molar refractivity (Wildman–Crippen MR) is 61.3 cm³/mol. The summed E-state index contributed by atoms with van der Waals surface area (Å²) in [6, 6.07) is 0.458. The van der Waals surface area contributed by atoms with Gasteiger partial charge in [-0.1, -0.05) is 0 Å². The van der Waals surface area contributed by atoms with Crippen molar-refractivity contribution in [2.24, 2.45) is 0 Å². The van der Waals surface area contributed by atoms with Gasteiger partial charge in [-0.2, -0.15) is 0 Å². The number of hydrogen-bond acceptors (Lipinski definition) is 4. The van der Waals surface area contributed by atoms with Gasteiger partial charge in [-0.05, 0) is 32.6 Å². The summed E-state index contributed by atoms with van der Waals surface area (Å²) in [6.07, 6.45) is 4.65. The molecule has 2 atom stereocenters. The molecule has 0 aromatic carbocycles. The summed E-state index contributed by atoms with van der Waals surface area (Å²) in [5.74, 6) is 0.0951. The molecule has 3 rings (SSSR count). The van der Waals surface area contributed by atoms with E-state index in [1.54, 1.807) is 6.92 Å². The minimum atomic E-state index is -0.319. The average molecular weight is 237 g/mol. The van der Waals surface area contributed by atoms with Crippen molar-refractivity contribution in [2.45, 2.75) is 50.8 Å². The van der Waals surface area contributed by atoms with E-state index >= 15 is 0 Å². The third-order valence-corrected chi connectivity index (χ3v) is 3.90. The summed E-state index contributed by atoms with van der Waals surface area (Å²) in [7, 11) is 0. The van der Waals surface area contributed by atoms with Gasteiger partial charge < -0.3 is 10.0 Å². The van der Waals surface area contributed by atoms with Gasteiger partial charge in [0.1, 0.15) is 6.33 Å². The summed E-state index contributed by atoms with van der Waals surface area (Å²) in [6.45, 7) is 1.65. The van der Waals surface area contributed by atoms with Crippen LogP contribution >= 0.6 is 0 Å². The Balaban J connectivity index is 1.97. The Morgan fingerprint density at radius 1 is 1.29 bits per heavy atom. The molecule has 4 nitrogen and oxygen atoms in total. The maximum Gasteiger partial charge on any atom is 0.186 e. The zero-order valence-corrected chi connectivity index (χ0v) is 9.80. The van der Waals surface area contributed by atoms with Gasteiger partial charge in [-0.25, -0.2) is 14.4 Å². The summed E-state index contributed by atoms with van der Waals surface area (Å²) < 4.78 is 14.0. The molecule has 2 saturated heterocycles. The van der Waals surface area contributed by atoms with Crippen molar-refractivity contribution in [1.82, 2.24) is 9.97 Å². The van der Waals surface area contributed by atoms with Crippen molar-refractivity contribution in [3.05, 3.63) is 17.8 Å². The van der Waals surface area contributed by atoms with E-state index in [-0.39, 0.29) is 24.0 Å². The third kappa shape index (κ3) is 1.69. The predicted octanol–water partition coefficient (Wildman–Crippen LogP) is 1.42. The SMILES string of the molecule is Cc1ncnc(N2C3CCC2CC(O)C3)c1F. The highest BCUT2D eigenvalue weighted by atomic mass is 19.1. The first-order valence-corrected chi connectivity index (χ1v) is 6.10. The first-order valence-electron chi connectivity index (χ1n) is 6.10. The van der Waals surface area contributed by atoms with Crippen molar-refractivity contribution >= 4 is 5.82 Å². The van der Waals surface area contributed by atoms with E-state index in [0.717, 1.165) is 25.7 Å². The molecule has 92 valence electrons. The molecule has 3 heterocycles. The largest absolute Gasteiger partial charge is 0.393 e. The minimum Gasteiger partial charge on any atom is -0.393 e. The fourth-order valence-corrected chi connectivity index (χ4v) is 3.12. The van der Waals surface area contributed by atoms with E-state index in [4.69, 9.17) is 0 Å². The van der Waals surface area contributed by atoms with E-state index in [1.807, 2.05) is 0 Å². The molecule has 0 amide bonds. The van der Waals surface area contributed by atoms with Crippen LogP contribution in [0.2, 0.25) is 0 Å². The number of aryl methyl sites for hydroxylation is 1. The van der Waals surface area contributed by atoms with Gasteiger partial charge in [0.25, 0.3) is 0 Å². The van der Waals surface area contributed by atoms with Crippen molar-refractivity contribution in [3.63, 3.8) is 0 Å². The highest BCUT2D eigenvalue weighted by molar-refractivity contribution is 5.45. The quantitative estimate of drug-likeness (QED) is 0.802. The van der Waals surface area contributed by atoms with Gasteiger partial charge in [-0.15, -0.1) is 0 Å². The number of halogens is 1. The zero-order valence-electron chi connectivity index (χ0n) is 9.80. The highest BCUT2D eigenvalue weighted by Gasteiger charge is 2.42. The number of fused-ring (bicyclic) bond motifs is 2. The van der Waals surface area contributed by atoms with Crippen LogP contribution in [-0.4, -0.2) is 33.3 Å². The van der Waals surface area contributed by atoms with Gasteiger partial charge in [0.15, 0.2) is 11.6 Å². The maximum atomic E-state index is 14.0. The fourth-order valence-electron chi connectivity index (χ4n) is 3.12. The van der Waals surface area contributed by atoms with E-state index < -0.39 is 0 Å². The van der Waals surface area contributed by atoms with Crippen LogP contribution in [0.1, 0.15) is 31.4 Å². The lowest BCUT2D eigenvalue weighted by molar-refractivity contribution is 0.125. The van der Waals surface area contributed by atoms with Gasteiger partial charge in [0, 0.05) is 12.1 Å². The molecular formula is C12H16FN3O. The van der Waals surface area contributed by atoms with Crippen molar-refractivity contribution in [1.29, 1.82) is 0 Å². The van der Waals surface area contributed by atoms with Crippen LogP contribution in [0, 0.1) is 12.7 Å². The molecule has 0 radical (unpaired) electrons. The molecule has 17 heavy (non-hydrogen) atoms. The van der Waals surface area contributed by atoms with Gasteiger partial charge >= 0.3 is 0 Å². The number of nitrogens with zero attached hydrogens (tertiary/aromatic N) is 3. The average Bonchev–Trinajstić information content (AvgIpc) is 2.55. The lowest BCUT2D eigenvalue weighted by Crippen LogP contribution is -2.45. The molecule has 1 aromatic heterocycles. The summed E-state index contributed by atoms with van der Waals surface area (Å²) >= 11 is 0. The second kappa shape index (κ2) is 3.91. The Labute approximate surface area is 99.5 Å². The molecule has 1 aromatic rings. The van der Waals surface area contributed by atoms with Crippen molar-refractivity contribution in [3.8, 4) is 0 Å². The maximum absolute atomic E-state index is 14.0. The number of aliphatic hydroxyl groups is 1. The first-order chi connectivity index (χ1) is 8.16. The lowest BCUT2D eigenvalue weighted by Gasteiger charge is -2.38. The molecule has 0 spiro atoms. The molecule has 2 aliphatic rings. The number of rotatable bonds is 1. The van der Waals surface area contributed by atoms with E-state index in [1.165, 1.54) is 6.33 Å². The first kappa shape index (κ1) is 10.9. The second-order valence-corrected chi connectivity index (χ2v) is 5.01. The van der Waals surface area contributed by atoms with Crippen molar-refractivity contribution < 1.29 is 9.50 Å². The number of aromatic nitrogens is 2. The van der Waals surface area contributed by atoms with Gasteiger partial charge in [0.2, 0.25) is 0 Å². The minimum absolute atomic E-state index is 0.229. The van der Waals surface area contributed by atoms with E-state index in [0.29, 0.717) is 11.5 Å². The zero-order chi connectivity index (χ0) is 12.0. The van der Waals surface area contributed by atoms with Crippen molar-refractivity contribution in [2.75, 3.05) is 4.90 Å². The molecule has 2 unspecified atom stereocenters. The summed E-state index contributed by atoms with van der Waals surface area (Å²) in [5.41, 5.74) is 0.389. The molecule has 0 aliphatic carbocycles. The Morgan fingerprint density at radius 2 is 1.94 bits per heavy atom. The van der Waals surface area contributed by atoms with Crippen LogP contribution in [0.15, 0.2) is 6.33 Å². The number of piperidine rings is 1. The van der Waals surface area contributed by atoms with Crippen LogP contribution in [0.4, 0.5) is 10.2 Å². The number of hydrogen-bond donors (Lipinski definition) is 1. The van der Waals surface area contributed by atoms with E-state index in [2.05, 4.69) is 14.9 Å². The topological polar surface area (TPSA) is 49.2 Å². The molecule has 1 N–H and O–H groups in total. The molecular weight excluding hydrogens is 221 g/mol. The van der Waals surface area contributed by atoms with Crippen LogP contribution in [0.25, 0.3) is 0 Å². The van der Waals surface area contributed by atoms with E-state index in [9.17, 15) is 9.50 Å². The summed E-state index contributed by atoms with van der Waals surface area (Å²) in [4.78, 5) is 10.00. The molecule has 2 bridgehead atoms. The highest BCUT2D eigenvalue weighted by Crippen LogP contribution is 2.39. The van der Waals surface area contributed by atoms with Crippen LogP contribution in [0.3, 0.4) is 0 Å². The Bertz CT molecular complexity index is 426. The molecule has 0 saturated carbocycles. The van der Waals surface area contributed by atoms with Gasteiger partial charge in [-0.3, -0.25) is 0 Å².